The van der Waals surface area contributed by atoms with Crippen molar-refractivity contribution < 1.29 is 19.4 Å². The average Bonchev–Trinajstić information content (AvgIpc) is 3.53. The molecule has 7 heteroatoms. The first-order chi connectivity index (χ1) is 14.7. The summed E-state index contributed by atoms with van der Waals surface area (Å²) in [4.78, 5) is 38.2. The number of unbranched alkanes of at least 4 members (excludes halogenated alkanes) is 1. The van der Waals surface area contributed by atoms with Crippen LogP contribution in [0.5, 0.6) is 5.75 Å². The van der Waals surface area contributed by atoms with E-state index in [-0.39, 0.29) is 12.1 Å². The summed E-state index contributed by atoms with van der Waals surface area (Å²) in [6.45, 7) is 8.57. The van der Waals surface area contributed by atoms with Crippen molar-refractivity contribution in [2.75, 3.05) is 6.61 Å². The lowest BCUT2D eigenvalue weighted by molar-refractivity contribution is 0.0927. The van der Waals surface area contributed by atoms with E-state index in [9.17, 15) is 19.5 Å². The maximum absolute atomic E-state index is 13.4. The number of nitrogens with zero attached hydrogens (tertiary/aromatic N) is 2. The first-order valence-electron chi connectivity index (χ1n) is 10.9. The number of carboxylic acid groups (broad SMARTS) is 1. The number of aldehydes is 1. The Morgan fingerprint density at radius 2 is 2.00 bits per heavy atom. The second kappa shape index (κ2) is 9.12. The van der Waals surface area contributed by atoms with E-state index >= 15 is 0 Å². The summed E-state index contributed by atoms with van der Waals surface area (Å²) in [6, 6.07) is 4.96. The van der Waals surface area contributed by atoms with Gasteiger partial charge in [-0.05, 0) is 58.1 Å². The monoisotopic (exact) mass is 428 g/mol. The molecule has 31 heavy (non-hydrogen) atoms. The molecule has 1 aliphatic carbocycles. The van der Waals surface area contributed by atoms with Crippen molar-refractivity contribution in [3.8, 4) is 5.75 Å². The third-order valence-corrected chi connectivity index (χ3v) is 5.72. The van der Waals surface area contributed by atoms with Crippen LogP contribution in [0.3, 0.4) is 0 Å². The molecule has 0 bridgehead atoms. The number of pyridine rings is 1. The molecular weight excluding hydrogens is 396 g/mol. The van der Waals surface area contributed by atoms with Crippen LogP contribution in [0.4, 0.5) is 4.79 Å². The molecule has 1 fully saturated rings. The average molecular weight is 429 g/mol. The fraction of sp³-hybridized carbons (Fsp3) is 0.542. The van der Waals surface area contributed by atoms with Crippen LogP contribution < -0.4 is 10.3 Å². The highest BCUT2D eigenvalue weighted by atomic mass is 16.5. The van der Waals surface area contributed by atoms with Gasteiger partial charge < -0.3 is 14.4 Å². The molecule has 0 aliphatic heterocycles. The molecule has 0 spiro atoms. The van der Waals surface area contributed by atoms with Crippen molar-refractivity contribution in [3.63, 3.8) is 0 Å². The maximum atomic E-state index is 13.4. The zero-order valence-corrected chi connectivity index (χ0v) is 18.8. The molecule has 0 saturated heterocycles. The highest BCUT2D eigenvalue weighted by Gasteiger charge is 2.31. The standard InChI is InChI=1S/C24H32N2O5/c1-5-6-11-31-21-19-12-17(15-27)9-10-18(19)22(28)25(13-16-7-8-16)20(21)14-26(23(29)30)24(2,3)4/h9-10,12,15-16H,5-8,11,13-14H2,1-4H3,(H,29,30). The predicted octanol–water partition coefficient (Wildman–Crippen LogP) is 4.68. The Morgan fingerprint density at radius 1 is 1.29 bits per heavy atom. The summed E-state index contributed by atoms with van der Waals surface area (Å²) in [5.41, 5.74) is 0.174. The van der Waals surface area contributed by atoms with Crippen molar-refractivity contribution in [1.82, 2.24) is 9.47 Å². The summed E-state index contributed by atoms with van der Waals surface area (Å²) < 4.78 is 7.88. The molecule has 168 valence electrons. The smallest absolute Gasteiger partial charge is 0.408 e. The zero-order valence-electron chi connectivity index (χ0n) is 18.8. The third kappa shape index (κ3) is 5.09. The number of fused-ring (bicyclic) bond motifs is 1. The summed E-state index contributed by atoms with van der Waals surface area (Å²) in [5.74, 6) is 0.919. The maximum Gasteiger partial charge on any atom is 0.408 e. The molecule has 1 amide bonds. The van der Waals surface area contributed by atoms with Gasteiger partial charge in [0.05, 0.1) is 24.2 Å². The number of aromatic nitrogens is 1. The van der Waals surface area contributed by atoms with Gasteiger partial charge in [-0.2, -0.15) is 0 Å². The van der Waals surface area contributed by atoms with E-state index in [1.807, 2.05) is 20.8 Å². The van der Waals surface area contributed by atoms with E-state index in [4.69, 9.17) is 4.74 Å². The number of carbonyl (C=O) groups is 2. The third-order valence-electron chi connectivity index (χ3n) is 5.72. The van der Waals surface area contributed by atoms with Crippen LogP contribution >= 0.6 is 0 Å². The lowest BCUT2D eigenvalue weighted by Crippen LogP contribution is -2.45. The van der Waals surface area contributed by atoms with E-state index in [1.54, 1.807) is 22.8 Å². The molecule has 0 atom stereocenters. The first kappa shape index (κ1) is 22.8. The largest absolute Gasteiger partial charge is 0.491 e. The van der Waals surface area contributed by atoms with Gasteiger partial charge in [-0.1, -0.05) is 19.4 Å². The number of hydrogen-bond donors (Lipinski definition) is 1. The molecule has 3 rings (SSSR count). The molecule has 1 aromatic heterocycles. The van der Waals surface area contributed by atoms with Crippen LogP contribution in [0.15, 0.2) is 23.0 Å². The topological polar surface area (TPSA) is 88.8 Å². The molecule has 0 radical (unpaired) electrons. The van der Waals surface area contributed by atoms with Crippen LogP contribution in [-0.4, -0.2) is 39.1 Å². The van der Waals surface area contributed by atoms with E-state index in [0.717, 1.165) is 32.0 Å². The molecule has 1 N–H and O–H groups in total. The Balaban J connectivity index is 2.27. The van der Waals surface area contributed by atoms with Crippen molar-refractivity contribution >= 4 is 23.2 Å². The van der Waals surface area contributed by atoms with Gasteiger partial charge in [0.15, 0.2) is 0 Å². The van der Waals surface area contributed by atoms with Gasteiger partial charge in [-0.15, -0.1) is 0 Å². The van der Waals surface area contributed by atoms with Crippen molar-refractivity contribution in [1.29, 1.82) is 0 Å². The molecule has 1 aromatic carbocycles. The molecule has 7 nitrogen and oxygen atoms in total. The Kier molecular flexibility index (Phi) is 6.72. The van der Waals surface area contributed by atoms with Gasteiger partial charge in [0, 0.05) is 23.0 Å². The van der Waals surface area contributed by atoms with Crippen molar-refractivity contribution in [3.05, 3.63) is 39.8 Å². The highest BCUT2D eigenvalue weighted by molar-refractivity contribution is 5.93. The fourth-order valence-electron chi connectivity index (χ4n) is 3.69. The van der Waals surface area contributed by atoms with Crippen LogP contribution in [0.25, 0.3) is 10.8 Å². The SMILES string of the molecule is CCCCOc1c(CN(C(=O)O)C(C)(C)C)n(CC2CC2)c(=O)c2ccc(C=O)cc12. The fourth-order valence-corrected chi connectivity index (χ4v) is 3.69. The normalized spacial score (nSPS) is 13.9. The number of rotatable bonds is 9. The number of hydrogen-bond acceptors (Lipinski definition) is 4. The summed E-state index contributed by atoms with van der Waals surface area (Å²) in [6.07, 6.45) is 3.57. The minimum absolute atomic E-state index is 0.0313. The number of ether oxygens (including phenoxy) is 1. The lowest BCUT2D eigenvalue weighted by atomic mass is 10.0. The van der Waals surface area contributed by atoms with Gasteiger partial charge in [0.25, 0.3) is 5.56 Å². The Morgan fingerprint density at radius 3 is 2.55 bits per heavy atom. The van der Waals surface area contributed by atoms with Crippen LogP contribution in [0, 0.1) is 5.92 Å². The highest BCUT2D eigenvalue weighted by Crippen LogP contribution is 2.35. The minimum atomic E-state index is -1.06. The van der Waals surface area contributed by atoms with Crippen LogP contribution in [0.1, 0.15) is 69.4 Å². The van der Waals surface area contributed by atoms with Gasteiger partial charge in [0.1, 0.15) is 12.0 Å². The number of amides is 1. The minimum Gasteiger partial charge on any atom is -0.491 e. The van der Waals surface area contributed by atoms with Crippen LogP contribution in [0.2, 0.25) is 0 Å². The number of carbonyl (C=O) groups excluding carboxylic acids is 1. The summed E-state index contributed by atoms with van der Waals surface area (Å²) >= 11 is 0. The quantitative estimate of drug-likeness (QED) is 0.463. The van der Waals surface area contributed by atoms with Crippen molar-refractivity contribution in [2.24, 2.45) is 5.92 Å². The zero-order chi connectivity index (χ0) is 22.8. The van der Waals surface area contributed by atoms with Gasteiger partial charge >= 0.3 is 6.09 Å². The molecule has 0 unspecified atom stereocenters. The molecular formula is C24H32N2O5. The van der Waals surface area contributed by atoms with Gasteiger partial charge in [-0.3, -0.25) is 14.5 Å². The Hall–Kier alpha value is -2.83. The van der Waals surface area contributed by atoms with E-state index in [0.29, 0.717) is 46.8 Å². The van der Waals surface area contributed by atoms with E-state index in [2.05, 4.69) is 6.92 Å². The molecule has 1 heterocycles. The summed E-state index contributed by atoms with van der Waals surface area (Å²) in [7, 11) is 0. The van der Waals surface area contributed by atoms with E-state index < -0.39 is 11.6 Å². The number of benzene rings is 1. The second-order valence-corrected chi connectivity index (χ2v) is 9.30. The lowest BCUT2D eigenvalue weighted by Gasteiger charge is -2.34. The van der Waals surface area contributed by atoms with Gasteiger partial charge in [0.2, 0.25) is 0 Å². The summed E-state index contributed by atoms with van der Waals surface area (Å²) in [5, 5.41) is 10.9. The van der Waals surface area contributed by atoms with E-state index in [1.165, 1.54) is 4.90 Å². The Labute approximate surface area is 182 Å². The first-order valence-corrected chi connectivity index (χ1v) is 10.9. The second-order valence-electron chi connectivity index (χ2n) is 9.30. The predicted molar refractivity (Wildman–Crippen MR) is 120 cm³/mol. The molecule has 1 aliphatic rings. The van der Waals surface area contributed by atoms with Crippen molar-refractivity contribution in [2.45, 2.75) is 72.0 Å². The van der Waals surface area contributed by atoms with Crippen LogP contribution in [-0.2, 0) is 13.1 Å². The Bertz CT molecular complexity index is 1030. The molecule has 2 aromatic rings. The molecule has 1 saturated carbocycles. The van der Waals surface area contributed by atoms with Gasteiger partial charge in [-0.25, -0.2) is 4.79 Å².